The summed E-state index contributed by atoms with van der Waals surface area (Å²) >= 11 is 1.64. The molecule has 0 radical (unpaired) electrons. The molecule has 0 spiro atoms. The number of hydrogen-bond donors (Lipinski definition) is 1. The average Bonchev–Trinajstić information content (AvgIpc) is 2.91. The van der Waals surface area contributed by atoms with Crippen molar-refractivity contribution < 1.29 is 9.18 Å². The van der Waals surface area contributed by atoms with Crippen molar-refractivity contribution in [3.05, 3.63) is 57.5 Å². The molecule has 0 atom stereocenters. The molecule has 1 heterocycles. The molecule has 0 aliphatic heterocycles. The van der Waals surface area contributed by atoms with Gasteiger partial charge < -0.3 is 5.32 Å². The third kappa shape index (κ3) is 4.17. The van der Waals surface area contributed by atoms with E-state index in [1.54, 1.807) is 30.4 Å². The van der Waals surface area contributed by atoms with Crippen molar-refractivity contribution in [2.75, 3.05) is 0 Å². The quantitative estimate of drug-likeness (QED) is 0.891. The van der Waals surface area contributed by atoms with E-state index in [1.807, 2.05) is 11.4 Å². The molecule has 1 aromatic heterocycles. The van der Waals surface area contributed by atoms with Crippen LogP contribution in [0.3, 0.4) is 0 Å². The molecular weight excluding hydrogens is 261 g/mol. The Morgan fingerprint density at radius 1 is 1.32 bits per heavy atom. The fraction of sp³-hybridized carbons (Fsp3) is 0.267. The first kappa shape index (κ1) is 13.7. The van der Waals surface area contributed by atoms with Crippen LogP contribution in [0.4, 0.5) is 4.39 Å². The maximum atomic E-state index is 13.1. The second-order valence-electron chi connectivity index (χ2n) is 4.49. The minimum Gasteiger partial charge on any atom is -0.352 e. The van der Waals surface area contributed by atoms with Crippen LogP contribution in [-0.4, -0.2) is 5.91 Å². The molecule has 2 aromatic rings. The highest BCUT2D eigenvalue weighted by Gasteiger charge is 2.04. The number of carbonyl (C=O) groups is 1. The minimum absolute atomic E-state index is 0.0215. The number of aryl methyl sites for hydroxylation is 2. The molecule has 19 heavy (non-hydrogen) atoms. The predicted molar refractivity (Wildman–Crippen MR) is 75.6 cm³/mol. The molecule has 0 saturated carbocycles. The second kappa shape index (κ2) is 6.48. The molecular formula is C15H16FNOS. The van der Waals surface area contributed by atoms with Crippen LogP contribution < -0.4 is 5.32 Å². The Bertz CT molecular complexity index is 551. The van der Waals surface area contributed by atoms with Crippen LogP contribution in [0.1, 0.15) is 23.1 Å². The van der Waals surface area contributed by atoms with E-state index in [0.29, 0.717) is 18.5 Å². The van der Waals surface area contributed by atoms with Gasteiger partial charge in [0, 0.05) is 13.0 Å². The Morgan fingerprint density at radius 2 is 2.16 bits per heavy atom. The highest BCUT2D eigenvalue weighted by Crippen LogP contribution is 2.10. The highest BCUT2D eigenvalue weighted by molar-refractivity contribution is 7.07. The van der Waals surface area contributed by atoms with Crippen LogP contribution in [0.5, 0.6) is 0 Å². The number of benzene rings is 1. The van der Waals surface area contributed by atoms with Gasteiger partial charge in [0.25, 0.3) is 0 Å². The zero-order chi connectivity index (χ0) is 13.7. The molecule has 1 aromatic carbocycles. The molecule has 0 saturated heterocycles. The molecule has 0 fully saturated rings. The molecule has 0 aliphatic rings. The summed E-state index contributed by atoms with van der Waals surface area (Å²) in [7, 11) is 0. The summed E-state index contributed by atoms with van der Waals surface area (Å²) in [5.74, 6) is -0.194. The van der Waals surface area contributed by atoms with Gasteiger partial charge in [0.1, 0.15) is 5.82 Å². The lowest BCUT2D eigenvalue weighted by Gasteiger charge is -2.06. The summed E-state index contributed by atoms with van der Waals surface area (Å²) in [5.41, 5.74) is 2.71. The van der Waals surface area contributed by atoms with Crippen molar-refractivity contribution in [1.82, 2.24) is 5.32 Å². The normalized spacial score (nSPS) is 10.4. The summed E-state index contributed by atoms with van der Waals surface area (Å²) in [6, 6.07) is 6.92. The van der Waals surface area contributed by atoms with Gasteiger partial charge in [-0.15, -0.1) is 0 Å². The Morgan fingerprint density at radius 3 is 2.84 bits per heavy atom. The van der Waals surface area contributed by atoms with Crippen LogP contribution in [0, 0.1) is 12.7 Å². The lowest BCUT2D eigenvalue weighted by Crippen LogP contribution is -2.23. The summed E-state index contributed by atoms with van der Waals surface area (Å²) in [6.45, 7) is 2.17. The first-order valence-electron chi connectivity index (χ1n) is 6.18. The molecule has 2 nitrogen and oxygen atoms in total. The number of amides is 1. The fourth-order valence-corrected chi connectivity index (χ4v) is 2.50. The third-order valence-corrected chi connectivity index (χ3v) is 3.66. The van der Waals surface area contributed by atoms with E-state index in [-0.39, 0.29) is 11.7 Å². The third-order valence-electron chi connectivity index (χ3n) is 2.93. The van der Waals surface area contributed by atoms with Crippen LogP contribution in [0.15, 0.2) is 35.0 Å². The number of carbonyl (C=O) groups excluding carboxylic acids is 1. The van der Waals surface area contributed by atoms with Crippen molar-refractivity contribution in [1.29, 1.82) is 0 Å². The Hall–Kier alpha value is -1.68. The number of rotatable bonds is 5. The zero-order valence-corrected chi connectivity index (χ0v) is 11.6. The molecule has 0 aliphatic carbocycles. The smallest absolute Gasteiger partial charge is 0.220 e. The summed E-state index contributed by atoms with van der Waals surface area (Å²) in [6.07, 6.45) is 1.24. The minimum atomic E-state index is -0.215. The summed E-state index contributed by atoms with van der Waals surface area (Å²) in [4.78, 5) is 11.7. The van der Waals surface area contributed by atoms with Gasteiger partial charge in [-0.1, -0.05) is 12.1 Å². The maximum Gasteiger partial charge on any atom is 0.220 e. The Labute approximate surface area is 116 Å². The first-order chi connectivity index (χ1) is 9.15. The standard InChI is InChI=1S/C15H16FNOS/c1-11-8-13(2-4-14(11)16)9-17-15(18)5-3-12-6-7-19-10-12/h2,4,6-8,10H,3,5,9H2,1H3,(H,17,18). The second-order valence-corrected chi connectivity index (χ2v) is 5.27. The lowest BCUT2D eigenvalue weighted by molar-refractivity contribution is -0.121. The van der Waals surface area contributed by atoms with Crippen LogP contribution in [-0.2, 0) is 17.8 Å². The zero-order valence-electron chi connectivity index (χ0n) is 10.8. The molecule has 100 valence electrons. The fourth-order valence-electron chi connectivity index (χ4n) is 1.80. The van der Waals surface area contributed by atoms with Gasteiger partial charge in [0.2, 0.25) is 5.91 Å². The van der Waals surface area contributed by atoms with Crippen molar-refractivity contribution in [3.63, 3.8) is 0 Å². The van der Waals surface area contributed by atoms with E-state index in [9.17, 15) is 9.18 Å². The van der Waals surface area contributed by atoms with Gasteiger partial charge in [-0.25, -0.2) is 4.39 Å². The number of hydrogen-bond acceptors (Lipinski definition) is 2. The number of thiophene rings is 1. The Balaban J connectivity index is 1.78. The largest absolute Gasteiger partial charge is 0.352 e. The number of nitrogens with one attached hydrogen (secondary N) is 1. The average molecular weight is 277 g/mol. The van der Waals surface area contributed by atoms with Gasteiger partial charge in [-0.2, -0.15) is 11.3 Å². The van der Waals surface area contributed by atoms with Gasteiger partial charge >= 0.3 is 0 Å². The van der Waals surface area contributed by atoms with Gasteiger partial charge in [0.05, 0.1) is 0 Å². The first-order valence-corrected chi connectivity index (χ1v) is 7.12. The topological polar surface area (TPSA) is 29.1 Å². The molecule has 0 unspecified atom stereocenters. The van der Waals surface area contributed by atoms with Crippen LogP contribution in [0.25, 0.3) is 0 Å². The lowest BCUT2D eigenvalue weighted by atomic mass is 10.1. The van der Waals surface area contributed by atoms with E-state index in [1.165, 1.54) is 11.6 Å². The van der Waals surface area contributed by atoms with Gasteiger partial charge in [0.15, 0.2) is 0 Å². The Kier molecular flexibility index (Phi) is 4.68. The van der Waals surface area contributed by atoms with Crippen LogP contribution >= 0.6 is 11.3 Å². The van der Waals surface area contributed by atoms with Crippen molar-refractivity contribution in [2.24, 2.45) is 0 Å². The monoisotopic (exact) mass is 277 g/mol. The molecule has 1 N–H and O–H groups in total. The van der Waals surface area contributed by atoms with Gasteiger partial charge in [-0.3, -0.25) is 4.79 Å². The van der Waals surface area contributed by atoms with Crippen molar-refractivity contribution >= 4 is 17.2 Å². The highest BCUT2D eigenvalue weighted by atomic mass is 32.1. The van der Waals surface area contributed by atoms with E-state index in [0.717, 1.165) is 12.0 Å². The van der Waals surface area contributed by atoms with E-state index < -0.39 is 0 Å². The molecule has 2 rings (SSSR count). The predicted octanol–water partition coefficient (Wildman–Crippen LogP) is 3.44. The van der Waals surface area contributed by atoms with Crippen LogP contribution in [0.2, 0.25) is 0 Å². The van der Waals surface area contributed by atoms with Crippen molar-refractivity contribution in [2.45, 2.75) is 26.3 Å². The SMILES string of the molecule is Cc1cc(CNC(=O)CCc2ccsc2)ccc1F. The molecule has 4 heteroatoms. The van der Waals surface area contributed by atoms with E-state index in [2.05, 4.69) is 10.7 Å². The van der Waals surface area contributed by atoms with E-state index >= 15 is 0 Å². The van der Waals surface area contributed by atoms with Gasteiger partial charge in [-0.05, 0) is 52.9 Å². The van der Waals surface area contributed by atoms with E-state index in [4.69, 9.17) is 0 Å². The molecule has 1 amide bonds. The number of halogens is 1. The maximum absolute atomic E-state index is 13.1. The summed E-state index contributed by atoms with van der Waals surface area (Å²) in [5, 5.41) is 6.91. The van der Waals surface area contributed by atoms with Crippen molar-refractivity contribution in [3.8, 4) is 0 Å². The summed E-state index contributed by atoms with van der Waals surface area (Å²) < 4.78 is 13.1. The molecule has 0 bridgehead atoms.